The van der Waals surface area contributed by atoms with Crippen molar-refractivity contribution in [2.24, 2.45) is 0 Å². The van der Waals surface area contributed by atoms with E-state index in [9.17, 15) is 14.4 Å². The fraction of sp³-hybridized carbons (Fsp3) is 0.500. The maximum atomic E-state index is 10.3. The van der Waals surface area contributed by atoms with Crippen LogP contribution in [0, 0.1) is 87.7 Å². The van der Waals surface area contributed by atoms with E-state index in [1.165, 1.54) is 0 Å². The maximum Gasteiger partial charge on any atom is 3.00 e. The average molecular weight is 518 g/mol. The fourth-order valence-electron chi connectivity index (χ4n) is 0.714. The van der Waals surface area contributed by atoms with Crippen molar-refractivity contribution >= 4 is 17.9 Å². The molecule has 0 fully saturated rings. The van der Waals surface area contributed by atoms with Gasteiger partial charge in [-0.25, -0.2) is 4.79 Å². The van der Waals surface area contributed by atoms with Gasteiger partial charge < -0.3 is 66.4 Å². The molecule has 4 N–H and O–H groups in total. The van der Waals surface area contributed by atoms with E-state index in [2.05, 4.69) is 0 Å². The third-order valence-electron chi connectivity index (χ3n) is 1.29. The summed E-state index contributed by atoms with van der Waals surface area (Å²) < 4.78 is 0. The Labute approximate surface area is 173 Å². The van der Waals surface area contributed by atoms with Crippen LogP contribution >= 0.6 is 0 Å². The van der Waals surface area contributed by atoms with Gasteiger partial charge in [-0.05, 0) is 0 Å². The van der Waals surface area contributed by atoms with Crippen LogP contribution in [0.5, 0.6) is 0 Å². The van der Waals surface area contributed by atoms with Crippen LogP contribution in [0.4, 0.5) is 0 Å². The van der Waals surface area contributed by atoms with E-state index in [1.54, 1.807) is 0 Å². The Morgan fingerprint density at radius 2 is 0.846 bits per heavy atom. The minimum absolute atomic E-state index is 0. The van der Waals surface area contributed by atoms with Crippen LogP contribution in [0.15, 0.2) is 0 Å². The number of aliphatic carboxylic acids is 3. The minimum atomic E-state index is -2.74. The summed E-state index contributed by atoms with van der Waals surface area (Å²) in [6, 6.07) is 0. The molecule has 26 heavy (non-hydrogen) atoms. The van der Waals surface area contributed by atoms with E-state index in [-0.39, 0.29) is 41.7 Å². The van der Waals surface area contributed by atoms with Crippen LogP contribution in [-0.2, 0) is 14.4 Å². The number of rotatable bonds is 5. The van der Waals surface area contributed by atoms with Gasteiger partial charge >= 0.3 is 59.7 Å². The Bertz CT molecular complexity index is 436. The second kappa shape index (κ2) is 18.7. The molecule has 0 bridgehead atoms. The number of carbonyl (C=O) groups is 3. The summed E-state index contributed by atoms with van der Waals surface area (Å²) in [6.45, 7) is 0. The molecule has 0 spiro atoms. The molecule has 0 heterocycles. The molecule has 20 heteroatoms. The van der Waals surface area contributed by atoms with E-state index in [0.717, 1.165) is 0 Å². The molecule has 0 aliphatic rings. The van der Waals surface area contributed by atoms with Crippen molar-refractivity contribution in [3.8, 4) is 0 Å². The molecule has 19 nitrogen and oxygen atoms in total. The zero-order chi connectivity index (χ0) is 21.4. The average Bonchev–Trinajstić information content (AvgIpc) is 2.22. The molecule has 0 aliphatic carbocycles. The molecule has 0 saturated heterocycles. The van der Waals surface area contributed by atoms with Gasteiger partial charge in [-0.1, -0.05) is 0 Å². The molecule has 0 aromatic rings. The molecule has 0 aliphatic heterocycles. The van der Waals surface area contributed by atoms with Crippen molar-refractivity contribution in [3.05, 3.63) is 46.0 Å². The molecule has 0 rings (SSSR count). The molecule has 0 amide bonds. The van der Waals surface area contributed by atoms with Gasteiger partial charge in [0.05, 0.1) is 28.1 Å². The quantitative estimate of drug-likeness (QED) is 0.226. The van der Waals surface area contributed by atoms with Crippen molar-refractivity contribution < 1.29 is 91.8 Å². The van der Waals surface area contributed by atoms with Gasteiger partial charge in [0.25, 0.3) is 0 Å². The van der Waals surface area contributed by atoms with E-state index in [1.807, 2.05) is 0 Å². The summed E-state index contributed by atoms with van der Waals surface area (Å²) in [5.41, 5.74) is -2.74. The summed E-state index contributed by atoms with van der Waals surface area (Å²) in [4.78, 5) is 55.2. The first-order valence-corrected chi connectivity index (χ1v) is 4.81. The van der Waals surface area contributed by atoms with E-state index in [0.29, 0.717) is 0 Å². The summed E-state index contributed by atoms with van der Waals surface area (Å²) >= 11 is 0. The van der Waals surface area contributed by atoms with E-state index in [4.69, 9.17) is 66.4 Å². The van der Waals surface area contributed by atoms with Crippen LogP contribution in [0.3, 0.4) is 0 Å². The Kier molecular flexibility index (Phi) is 24.9. The zero-order valence-electron chi connectivity index (χ0n) is 11.9. The second-order valence-corrected chi connectivity index (χ2v) is 3.15. The predicted molar refractivity (Wildman–Crippen MR) is 68.2 cm³/mol. The van der Waals surface area contributed by atoms with Gasteiger partial charge in [-0.15, -0.1) is 0 Å². The molecule has 0 atom stereocenters. The Morgan fingerprint density at radius 3 is 0.923 bits per heavy atom. The monoisotopic (exact) mass is 518 g/mol. The Hall–Kier alpha value is -2.65. The molecule has 0 saturated carbocycles. The molecule has 0 aromatic heterocycles. The molecular formula is C6H8CeN3O16. The first-order chi connectivity index (χ1) is 11.0. The number of aliphatic hydroxyl groups is 1. The number of hydrogen-bond donors (Lipinski definition) is 4. The van der Waals surface area contributed by atoms with Crippen molar-refractivity contribution in [2.45, 2.75) is 18.4 Å². The number of hydrogen-bond acceptors (Lipinski definition) is 13. The van der Waals surface area contributed by atoms with Gasteiger partial charge in [-0.3, -0.25) is 9.59 Å². The summed E-state index contributed by atoms with van der Waals surface area (Å²) in [6.07, 6.45) is -2.29. The standard InChI is InChI=1S/C6H8O7.Ce.3NO3/c7-3(8)1-6(13,5(11)12)2-4(9)10;;3*2-1(3)4/h13H,1-2H2,(H,7,8)(H,9,10)(H,11,12);;;;/q;+3;3*-1. The molecule has 0 aromatic carbocycles. The van der Waals surface area contributed by atoms with Gasteiger partial charge in [0.15, 0.2) is 5.60 Å². The second-order valence-electron chi connectivity index (χ2n) is 3.15. The van der Waals surface area contributed by atoms with Crippen LogP contribution in [0.1, 0.15) is 12.8 Å². The van der Waals surface area contributed by atoms with E-state index < -0.39 is 51.6 Å². The first-order valence-electron chi connectivity index (χ1n) is 4.81. The van der Waals surface area contributed by atoms with Crippen molar-refractivity contribution in [2.75, 3.05) is 0 Å². The minimum Gasteiger partial charge on any atom is -0.481 e. The van der Waals surface area contributed by atoms with E-state index >= 15 is 0 Å². The maximum absolute atomic E-state index is 10.3. The summed E-state index contributed by atoms with van der Waals surface area (Å²) in [5, 5.41) is 78.1. The van der Waals surface area contributed by atoms with Gasteiger partial charge in [0.2, 0.25) is 0 Å². The number of nitrogens with zero attached hydrogens (tertiary/aromatic N) is 3. The van der Waals surface area contributed by atoms with Crippen LogP contribution in [0.25, 0.3) is 0 Å². The van der Waals surface area contributed by atoms with Crippen LogP contribution < -0.4 is 0 Å². The normalized spacial score (nSPS) is 8.19. The molecule has 1 radical (unpaired) electrons. The van der Waals surface area contributed by atoms with Gasteiger partial charge in [0, 0.05) is 0 Å². The smallest absolute Gasteiger partial charge is 0.481 e. The van der Waals surface area contributed by atoms with Crippen LogP contribution in [-0.4, -0.2) is 59.2 Å². The van der Waals surface area contributed by atoms with Gasteiger partial charge in [-0.2, -0.15) is 0 Å². The zero-order valence-corrected chi connectivity index (χ0v) is 15.1. The summed E-state index contributed by atoms with van der Waals surface area (Å²) in [5.74, 6) is -5.02. The van der Waals surface area contributed by atoms with Crippen LogP contribution in [0.2, 0.25) is 0 Å². The third-order valence-corrected chi connectivity index (χ3v) is 1.29. The van der Waals surface area contributed by atoms with Crippen molar-refractivity contribution in [3.63, 3.8) is 0 Å². The SMILES string of the molecule is O=C(O)CC(O)(CC(=O)O)C(=O)O.O=[N+]([O-])[O-].O=[N+]([O-])[O-].O=[N+]([O-])[O-].[Ce+3]. The third kappa shape index (κ3) is 49.6. The number of carboxylic acids is 3. The Balaban J connectivity index is -0.0000000933. The van der Waals surface area contributed by atoms with Crippen molar-refractivity contribution in [1.29, 1.82) is 0 Å². The fourth-order valence-corrected chi connectivity index (χ4v) is 0.714. The Morgan fingerprint density at radius 1 is 0.692 bits per heavy atom. The summed E-state index contributed by atoms with van der Waals surface area (Å²) in [7, 11) is 0. The van der Waals surface area contributed by atoms with Gasteiger partial charge in [0.1, 0.15) is 0 Å². The molecule has 0 unspecified atom stereocenters. The molecular weight excluding hydrogens is 510 g/mol. The molecule has 147 valence electrons. The topological polar surface area (TPSA) is 331 Å². The number of carboxylic acid groups (broad SMARTS) is 3. The largest absolute Gasteiger partial charge is 3.00 e. The first kappa shape index (κ1) is 34.6. The van der Waals surface area contributed by atoms with Crippen molar-refractivity contribution in [1.82, 2.24) is 0 Å². The predicted octanol–water partition coefficient (Wildman–Crippen LogP) is -1.97.